The number of benzene rings is 1. The number of hydrogen-bond donors (Lipinski definition) is 1. The highest BCUT2D eigenvalue weighted by atomic mass is 16.5. The van der Waals surface area contributed by atoms with Crippen LogP contribution in [0.25, 0.3) is 5.65 Å². The summed E-state index contributed by atoms with van der Waals surface area (Å²) in [7, 11) is 0. The van der Waals surface area contributed by atoms with E-state index in [-0.39, 0.29) is 0 Å². The van der Waals surface area contributed by atoms with Crippen LogP contribution in [0.1, 0.15) is 30.0 Å². The summed E-state index contributed by atoms with van der Waals surface area (Å²) in [5, 5.41) is 13.7. The third-order valence-electron chi connectivity index (χ3n) is 4.12. The second kappa shape index (κ2) is 7.43. The normalized spacial score (nSPS) is 10.9. The number of aryl methyl sites for hydroxylation is 2. The van der Waals surface area contributed by atoms with Crippen LogP contribution in [0.3, 0.4) is 0 Å². The fourth-order valence-electron chi connectivity index (χ4n) is 2.70. The number of rotatable bonds is 6. The van der Waals surface area contributed by atoms with Crippen LogP contribution in [0.15, 0.2) is 36.5 Å². The lowest BCUT2D eigenvalue weighted by molar-refractivity contribution is 0.201. The summed E-state index contributed by atoms with van der Waals surface area (Å²) in [5.41, 5.74) is 4.03. The molecular weight excluding hydrogens is 332 g/mol. The highest BCUT2D eigenvalue weighted by Gasteiger charge is 2.17. The number of imidazole rings is 1. The van der Waals surface area contributed by atoms with E-state index >= 15 is 0 Å². The number of anilines is 1. The van der Waals surface area contributed by atoms with E-state index in [1.54, 1.807) is 22.8 Å². The molecule has 7 heteroatoms. The molecule has 1 N–H and O–H groups in total. The van der Waals surface area contributed by atoms with Crippen molar-refractivity contribution in [2.45, 2.75) is 33.8 Å². The summed E-state index contributed by atoms with van der Waals surface area (Å²) in [6, 6.07) is 9.74. The minimum absolute atomic E-state index is 0.360. The third-order valence-corrected chi connectivity index (χ3v) is 4.12. The van der Waals surface area contributed by atoms with Gasteiger partial charge in [-0.2, -0.15) is 0 Å². The Kier molecular flexibility index (Phi) is 5.06. The molecule has 0 saturated heterocycles. The minimum atomic E-state index is -1.03. The Morgan fingerprint density at radius 1 is 1.27 bits per heavy atom. The van der Waals surface area contributed by atoms with Crippen LogP contribution in [-0.2, 0) is 6.61 Å². The van der Waals surface area contributed by atoms with Crippen molar-refractivity contribution in [2.24, 2.45) is 0 Å². The Morgan fingerprint density at radius 2 is 2.08 bits per heavy atom. The second-order valence-corrected chi connectivity index (χ2v) is 6.23. The van der Waals surface area contributed by atoms with E-state index in [2.05, 4.69) is 28.3 Å². The Balaban J connectivity index is 1.80. The number of fused-ring (bicyclic) bond motifs is 1. The van der Waals surface area contributed by atoms with E-state index in [1.807, 2.05) is 20.8 Å². The Labute approximate surface area is 151 Å². The van der Waals surface area contributed by atoms with Crippen molar-refractivity contribution in [1.82, 2.24) is 14.6 Å². The van der Waals surface area contributed by atoms with E-state index < -0.39 is 6.09 Å². The minimum Gasteiger partial charge on any atom is -0.472 e. The van der Waals surface area contributed by atoms with E-state index in [1.165, 1.54) is 16.0 Å². The van der Waals surface area contributed by atoms with Crippen molar-refractivity contribution in [2.75, 3.05) is 11.4 Å². The zero-order valence-corrected chi connectivity index (χ0v) is 15.1. The van der Waals surface area contributed by atoms with Gasteiger partial charge < -0.3 is 9.84 Å². The first kappa shape index (κ1) is 17.7. The fourth-order valence-corrected chi connectivity index (χ4v) is 2.70. The highest BCUT2D eigenvalue weighted by Crippen LogP contribution is 2.18. The zero-order chi connectivity index (χ0) is 18.7. The molecule has 1 aromatic carbocycles. The molecule has 136 valence electrons. The highest BCUT2D eigenvalue weighted by molar-refractivity contribution is 5.85. The molecule has 0 saturated carbocycles. The van der Waals surface area contributed by atoms with Gasteiger partial charge in [0.25, 0.3) is 0 Å². The van der Waals surface area contributed by atoms with E-state index in [4.69, 9.17) is 4.74 Å². The number of nitrogens with zero attached hydrogens (tertiary/aromatic N) is 4. The summed E-state index contributed by atoms with van der Waals surface area (Å²) in [5.74, 6) is 0.818. The molecule has 1 amide bonds. The first-order valence-electron chi connectivity index (χ1n) is 8.53. The number of hydrogen-bond acceptors (Lipinski definition) is 4. The van der Waals surface area contributed by atoms with Crippen LogP contribution in [0, 0.1) is 13.8 Å². The van der Waals surface area contributed by atoms with Crippen molar-refractivity contribution in [3.63, 3.8) is 0 Å². The topological polar surface area (TPSA) is 80.0 Å². The molecule has 0 bridgehead atoms. The largest absolute Gasteiger partial charge is 0.472 e. The van der Waals surface area contributed by atoms with Gasteiger partial charge >= 0.3 is 6.09 Å². The van der Waals surface area contributed by atoms with E-state index in [0.29, 0.717) is 36.9 Å². The molecule has 0 unspecified atom stereocenters. The number of amides is 1. The van der Waals surface area contributed by atoms with E-state index in [0.717, 1.165) is 5.56 Å². The second-order valence-electron chi connectivity index (χ2n) is 6.23. The van der Waals surface area contributed by atoms with Crippen LogP contribution < -0.4 is 9.64 Å². The van der Waals surface area contributed by atoms with Gasteiger partial charge in [-0.1, -0.05) is 30.7 Å². The van der Waals surface area contributed by atoms with Gasteiger partial charge in [0.15, 0.2) is 11.5 Å². The van der Waals surface area contributed by atoms with Gasteiger partial charge in [-0.25, -0.2) is 14.3 Å². The molecule has 0 atom stereocenters. The smallest absolute Gasteiger partial charge is 0.413 e. The van der Waals surface area contributed by atoms with Gasteiger partial charge in [-0.15, -0.1) is 5.10 Å². The molecule has 2 aromatic heterocycles. The van der Waals surface area contributed by atoms with Crippen LogP contribution in [0.5, 0.6) is 5.88 Å². The number of carbonyl (C=O) groups is 1. The number of ether oxygens (including phenoxy) is 1. The lowest BCUT2D eigenvalue weighted by atomic mass is 10.1. The molecule has 0 aliphatic heterocycles. The molecule has 0 aliphatic rings. The van der Waals surface area contributed by atoms with Crippen molar-refractivity contribution in [1.29, 1.82) is 0 Å². The number of carboxylic acid groups (broad SMARTS) is 1. The lowest BCUT2D eigenvalue weighted by Gasteiger charge is -2.14. The fraction of sp³-hybridized carbons (Fsp3) is 0.316. The Morgan fingerprint density at radius 3 is 2.81 bits per heavy atom. The quantitative estimate of drug-likeness (QED) is 0.728. The molecule has 0 radical (unpaired) electrons. The van der Waals surface area contributed by atoms with Crippen LogP contribution in [0.2, 0.25) is 0 Å². The average molecular weight is 354 g/mol. The van der Waals surface area contributed by atoms with Gasteiger partial charge in [0.05, 0.1) is 6.20 Å². The molecule has 3 rings (SSSR count). The standard InChI is InChI=1S/C19H22N4O3/c1-4-9-22(19(24)25)17-11-23-16(20-17)7-8-18(21-23)26-12-15-10-13(2)5-6-14(15)3/h5-8,10-11H,4,9,12H2,1-3H3,(H,24,25). The summed E-state index contributed by atoms with van der Waals surface area (Å²) in [6.07, 6.45) is 1.28. The predicted molar refractivity (Wildman–Crippen MR) is 98.9 cm³/mol. The maximum Gasteiger partial charge on any atom is 0.413 e. The Bertz CT molecular complexity index is 936. The molecule has 0 spiro atoms. The summed E-state index contributed by atoms with van der Waals surface area (Å²) in [4.78, 5) is 16.9. The molecular formula is C19H22N4O3. The maximum absolute atomic E-state index is 11.4. The predicted octanol–water partition coefficient (Wildman–Crippen LogP) is 3.82. The molecule has 3 aromatic rings. The first-order chi connectivity index (χ1) is 12.5. The van der Waals surface area contributed by atoms with Crippen LogP contribution >= 0.6 is 0 Å². The summed E-state index contributed by atoms with van der Waals surface area (Å²) in [6.45, 7) is 6.82. The molecule has 7 nitrogen and oxygen atoms in total. The van der Waals surface area contributed by atoms with Gasteiger partial charge in [0.2, 0.25) is 5.88 Å². The molecule has 0 aliphatic carbocycles. The van der Waals surface area contributed by atoms with Crippen molar-refractivity contribution in [3.05, 3.63) is 53.2 Å². The SMILES string of the molecule is CCCN(C(=O)O)c1cn2nc(OCc3cc(C)ccc3C)ccc2n1. The van der Waals surface area contributed by atoms with Gasteiger partial charge in [-0.3, -0.25) is 4.90 Å². The van der Waals surface area contributed by atoms with Crippen molar-refractivity contribution in [3.8, 4) is 5.88 Å². The maximum atomic E-state index is 11.4. The van der Waals surface area contributed by atoms with E-state index in [9.17, 15) is 9.90 Å². The summed E-state index contributed by atoms with van der Waals surface area (Å²) < 4.78 is 7.35. The Hall–Kier alpha value is -3.09. The lowest BCUT2D eigenvalue weighted by Crippen LogP contribution is -2.30. The van der Waals surface area contributed by atoms with Crippen molar-refractivity contribution < 1.29 is 14.6 Å². The average Bonchev–Trinajstić information content (AvgIpc) is 3.02. The van der Waals surface area contributed by atoms with Crippen LogP contribution in [0.4, 0.5) is 10.6 Å². The third kappa shape index (κ3) is 3.77. The first-order valence-corrected chi connectivity index (χ1v) is 8.53. The number of aromatic nitrogens is 3. The van der Waals surface area contributed by atoms with Gasteiger partial charge in [-0.05, 0) is 37.5 Å². The zero-order valence-electron chi connectivity index (χ0n) is 15.1. The van der Waals surface area contributed by atoms with Gasteiger partial charge in [0, 0.05) is 12.6 Å². The monoisotopic (exact) mass is 354 g/mol. The molecule has 2 heterocycles. The molecule has 26 heavy (non-hydrogen) atoms. The molecule has 0 fully saturated rings. The van der Waals surface area contributed by atoms with Crippen LogP contribution in [-0.4, -0.2) is 32.3 Å². The van der Waals surface area contributed by atoms with Gasteiger partial charge in [0.1, 0.15) is 6.61 Å². The van der Waals surface area contributed by atoms with Crippen molar-refractivity contribution >= 4 is 17.6 Å². The summed E-state index contributed by atoms with van der Waals surface area (Å²) >= 11 is 0.